The first kappa shape index (κ1) is 23.1. The lowest BCUT2D eigenvalue weighted by Gasteiger charge is -2.24. The van der Waals surface area contributed by atoms with Crippen molar-refractivity contribution >= 4 is 5.91 Å². The molecule has 5 nitrogen and oxygen atoms in total. The van der Waals surface area contributed by atoms with Crippen molar-refractivity contribution in [2.24, 2.45) is 0 Å². The molecular formula is C28H27FN2O3. The second kappa shape index (κ2) is 10.7. The van der Waals surface area contributed by atoms with E-state index in [9.17, 15) is 9.18 Å². The first-order chi connectivity index (χ1) is 16.6. The lowest BCUT2D eigenvalue weighted by Crippen LogP contribution is -2.31. The van der Waals surface area contributed by atoms with Gasteiger partial charge in [0.15, 0.2) is 0 Å². The van der Waals surface area contributed by atoms with Crippen molar-refractivity contribution in [2.75, 3.05) is 14.2 Å². The maximum atomic E-state index is 13.7. The Morgan fingerprint density at radius 3 is 2.15 bits per heavy atom. The Morgan fingerprint density at radius 1 is 0.824 bits per heavy atom. The van der Waals surface area contributed by atoms with E-state index in [4.69, 9.17) is 9.47 Å². The Labute approximate surface area is 199 Å². The number of nitrogens with zero attached hydrogens (tertiary/aromatic N) is 2. The molecule has 0 saturated carbocycles. The van der Waals surface area contributed by atoms with Crippen LogP contribution in [-0.4, -0.2) is 29.6 Å². The van der Waals surface area contributed by atoms with Gasteiger partial charge in [-0.05, 0) is 47.5 Å². The summed E-state index contributed by atoms with van der Waals surface area (Å²) in [5, 5.41) is 0. The average molecular weight is 459 g/mol. The van der Waals surface area contributed by atoms with Gasteiger partial charge in [0, 0.05) is 36.6 Å². The Hall–Kier alpha value is -4.06. The molecule has 0 aliphatic rings. The van der Waals surface area contributed by atoms with Gasteiger partial charge in [-0.25, -0.2) is 4.39 Å². The number of carbonyl (C=O) groups is 1. The number of hydrogen-bond acceptors (Lipinski definition) is 3. The van der Waals surface area contributed by atoms with Crippen LogP contribution in [-0.2, 0) is 19.6 Å². The summed E-state index contributed by atoms with van der Waals surface area (Å²) in [7, 11) is 3.13. The molecule has 0 aliphatic heterocycles. The number of rotatable bonds is 9. The van der Waals surface area contributed by atoms with Gasteiger partial charge in [-0.3, -0.25) is 4.79 Å². The third-order valence-corrected chi connectivity index (χ3v) is 5.64. The minimum Gasteiger partial charge on any atom is -0.497 e. The van der Waals surface area contributed by atoms with Crippen LogP contribution in [0.2, 0.25) is 0 Å². The van der Waals surface area contributed by atoms with Gasteiger partial charge in [-0.15, -0.1) is 0 Å². The minimum atomic E-state index is -0.259. The van der Waals surface area contributed by atoms with Gasteiger partial charge in [0.1, 0.15) is 17.3 Å². The van der Waals surface area contributed by atoms with Crippen molar-refractivity contribution in [2.45, 2.75) is 19.6 Å². The van der Waals surface area contributed by atoms with E-state index in [1.54, 1.807) is 49.5 Å². The Kier molecular flexibility index (Phi) is 7.28. The maximum Gasteiger partial charge on any atom is 0.254 e. The summed E-state index contributed by atoms with van der Waals surface area (Å²) < 4.78 is 26.1. The zero-order chi connectivity index (χ0) is 23.9. The first-order valence-corrected chi connectivity index (χ1v) is 11.0. The summed E-state index contributed by atoms with van der Waals surface area (Å²) in [4.78, 5) is 15.5. The molecule has 6 heteroatoms. The van der Waals surface area contributed by atoms with E-state index < -0.39 is 0 Å². The Morgan fingerprint density at radius 2 is 1.50 bits per heavy atom. The molecule has 0 N–H and O–H groups in total. The Balaban J connectivity index is 1.63. The molecule has 0 bridgehead atoms. The summed E-state index contributed by atoms with van der Waals surface area (Å²) in [6.07, 6.45) is 1.97. The van der Waals surface area contributed by atoms with E-state index in [2.05, 4.69) is 4.57 Å². The molecule has 3 aromatic carbocycles. The largest absolute Gasteiger partial charge is 0.497 e. The highest BCUT2D eigenvalue weighted by molar-refractivity contribution is 5.95. The highest BCUT2D eigenvalue weighted by atomic mass is 19.1. The van der Waals surface area contributed by atoms with Gasteiger partial charge in [0.25, 0.3) is 5.91 Å². The third kappa shape index (κ3) is 5.64. The Bertz CT molecular complexity index is 1210. The lowest BCUT2D eigenvalue weighted by atomic mass is 10.1. The van der Waals surface area contributed by atoms with Crippen molar-refractivity contribution < 1.29 is 18.7 Å². The highest BCUT2D eigenvalue weighted by Crippen LogP contribution is 2.25. The fourth-order valence-electron chi connectivity index (χ4n) is 3.85. The van der Waals surface area contributed by atoms with E-state index in [0.717, 1.165) is 16.8 Å². The lowest BCUT2D eigenvalue weighted by molar-refractivity contribution is 0.0725. The molecule has 0 unspecified atom stereocenters. The van der Waals surface area contributed by atoms with E-state index in [0.29, 0.717) is 36.7 Å². The molecule has 1 heterocycles. The summed E-state index contributed by atoms with van der Waals surface area (Å²) in [5.41, 5.74) is 3.48. The fraction of sp³-hybridized carbons (Fsp3) is 0.179. The van der Waals surface area contributed by atoms with Crippen molar-refractivity contribution in [1.82, 2.24) is 9.47 Å². The predicted octanol–water partition coefficient (Wildman–Crippen LogP) is 5.54. The van der Waals surface area contributed by atoms with Gasteiger partial charge < -0.3 is 18.9 Å². The quantitative estimate of drug-likeness (QED) is 0.331. The zero-order valence-electron chi connectivity index (χ0n) is 19.3. The number of halogens is 1. The summed E-state index contributed by atoms with van der Waals surface area (Å²) in [5.74, 6) is 0.726. The number of aromatic nitrogens is 1. The molecule has 1 aromatic heterocycles. The second-order valence-electron chi connectivity index (χ2n) is 8.00. The maximum absolute atomic E-state index is 13.7. The van der Waals surface area contributed by atoms with Crippen LogP contribution in [0.15, 0.2) is 91.1 Å². The molecular weight excluding hydrogens is 431 g/mol. The molecule has 1 amide bonds. The van der Waals surface area contributed by atoms with Crippen LogP contribution >= 0.6 is 0 Å². The van der Waals surface area contributed by atoms with Gasteiger partial charge in [0.2, 0.25) is 0 Å². The number of hydrogen-bond donors (Lipinski definition) is 0. The second-order valence-corrected chi connectivity index (χ2v) is 8.00. The molecule has 0 atom stereocenters. The van der Waals surface area contributed by atoms with Crippen LogP contribution in [0.5, 0.6) is 11.5 Å². The number of ether oxygens (including phenoxy) is 2. The smallest absolute Gasteiger partial charge is 0.254 e. The summed E-state index contributed by atoms with van der Waals surface area (Å²) in [6, 6.07) is 25.5. The van der Waals surface area contributed by atoms with Gasteiger partial charge >= 0.3 is 0 Å². The standard InChI is InChI=1S/C28H27FN2O3/c1-33-26-15-23(16-27(17-26)34-2)28(32)31(19-21-7-4-3-5-8-21)20-25-9-6-14-30(25)18-22-10-12-24(29)13-11-22/h3-17H,18-20H2,1-2H3. The predicted molar refractivity (Wildman–Crippen MR) is 129 cm³/mol. The van der Waals surface area contributed by atoms with Crippen LogP contribution in [0.1, 0.15) is 27.2 Å². The SMILES string of the molecule is COc1cc(OC)cc(C(=O)N(Cc2ccccc2)Cc2cccn2Cc2ccc(F)cc2)c1. The van der Waals surface area contributed by atoms with Crippen molar-refractivity contribution in [3.05, 3.63) is 119 Å². The molecule has 0 spiro atoms. The van der Waals surface area contributed by atoms with E-state index >= 15 is 0 Å². The van der Waals surface area contributed by atoms with E-state index in [1.807, 2.05) is 48.7 Å². The summed E-state index contributed by atoms with van der Waals surface area (Å²) >= 11 is 0. The number of benzene rings is 3. The molecule has 4 aromatic rings. The molecule has 0 radical (unpaired) electrons. The highest BCUT2D eigenvalue weighted by Gasteiger charge is 2.20. The van der Waals surface area contributed by atoms with Crippen molar-refractivity contribution in [1.29, 1.82) is 0 Å². The van der Waals surface area contributed by atoms with Crippen LogP contribution < -0.4 is 9.47 Å². The average Bonchev–Trinajstić information content (AvgIpc) is 3.31. The van der Waals surface area contributed by atoms with Crippen LogP contribution in [0.25, 0.3) is 0 Å². The molecule has 0 saturated heterocycles. The van der Waals surface area contributed by atoms with Gasteiger partial charge in [0.05, 0.1) is 20.8 Å². The molecule has 0 fully saturated rings. The fourth-order valence-corrected chi connectivity index (χ4v) is 3.85. The van der Waals surface area contributed by atoms with Crippen molar-refractivity contribution in [3.8, 4) is 11.5 Å². The first-order valence-electron chi connectivity index (χ1n) is 11.0. The number of amides is 1. The number of methoxy groups -OCH3 is 2. The van der Waals surface area contributed by atoms with Gasteiger partial charge in [-0.1, -0.05) is 42.5 Å². The van der Waals surface area contributed by atoms with Crippen LogP contribution in [0, 0.1) is 5.82 Å². The van der Waals surface area contributed by atoms with Crippen molar-refractivity contribution in [3.63, 3.8) is 0 Å². The topological polar surface area (TPSA) is 43.7 Å². The van der Waals surface area contributed by atoms with E-state index in [-0.39, 0.29) is 11.7 Å². The monoisotopic (exact) mass is 458 g/mol. The van der Waals surface area contributed by atoms with Crippen LogP contribution in [0.4, 0.5) is 4.39 Å². The van der Waals surface area contributed by atoms with Crippen LogP contribution in [0.3, 0.4) is 0 Å². The molecule has 174 valence electrons. The van der Waals surface area contributed by atoms with E-state index in [1.165, 1.54) is 12.1 Å². The third-order valence-electron chi connectivity index (χ3n) is 5.64. The summed E-state index contributed by atoms with van der Waals surface area (Å²) in [6.45, 7) is 1.44. The zero-order valence-corrected chi connectivity index (χ0v) is 19.3. The normalized spacial score (nSPS) is 10.7. The van der Waals surface area contributed by atoms with Gasteiger partial charge in [-0.2, -0.15) is 0 Å². The minimum absolute atomic E-state index is 0.129. The molecule has 34 heavy (non-hydrogen) atoms. The molecule has 4 rings (SSSR count). The number of carbonyl (C=O) groups excluding carboxylic acids is 1. The molecule has 0 aliphatic carbocycles.